The first kappa shape index (κ1) is 16.2. The summed E-state index contributed by atoms with van der Waals surface area (Å²) in [6, 6.07) is 11.4. The third-order valence-corrected chi connectivity index (χ3v) is 3.27. The van der Waals surface area contributed by atoms with Crippen molar-refractivity contribution in [1.29, 1.82) is 5.26 Å². The smallest absolute Gasteiger partial charge is 0.267 e. The lowest BCUT2D eigenvalue weighted by Gasteiger charge is -2.09. The molecule has 1 aromatic carbocycles. The fourth-order valence-electron chi connectivity index (χ4n) is 2.07. The van der Waals surface area contributed by atoms with Gasteiger partial charge in [0.1, 0.15) is 11.6 Å². The third-order valence-electron chi connectivity index (χ3n) is 3.27. The van der Waals surface area contributed by atoms with Gasteiger partial charge >= 0.3 is 0 Å². The van der Waals surface area contributed by atoms with Crippen LogP contribution in [0.25, 0.3) is 0 Å². The summed E-state index contributed by atoms with van der Waals surface area (Å²) in [5.41, 5.74) is 3.77. The Labute approximate surface area is 135 Å². The Kier molecular flexibility index (Phi) is 5.48. The average Bonchev–Trinajstić information content (AvgIpc) is 2.55. The number of nitriles is 1. The number of hydrogen-bond donors (Lipinski definition) is 2. The Morgan fingerprint density at radius 1 is 1.35 bits per heavy atom. The first-order chi connectivity index (χ1) is 11.1. The monoisotopic (exact) mass is 306 g/mol. The Morgan fingerprint density at radius 3 is 2.83 bits per heavy atom. The second-order valence-electron chi connectivity index (χ2n) is 5.18. The van der Waals surface area contributed by atoms with Gasteiger partial charge in [-0.1, -0.05) is 23.8 Å². The number of aryl methyl sites for hydroxylation is 2. The van der Waals surface area contributed by atoms with Gasteiger partial charge in [0.25, 0.3) is 5.91 Å². The standard InChI is InChI=1S/C18H18N4O/c1-13-5-6-17(14(2)8-13)22-18(23)16(9-19)12-21-11-15-4-3-7-20-10-15/h3-8,10,12,21H,11H2,1-2H3,(H,22,23)/b16-12-. The highest BCUT2D eigenvalue weighted by Crippen LogP contribution is 2.16. The first-order valence-electron chi connectivity index (χ1n) is 7.21. The molecule has 0 radical (unpaired) electrons. The molecule has 0 spiro atoms. The molecule has 0 unspecified atom stereocenters. The summed E-state index contributed by atoms with van der Waals surface area (Å²) in [6.07, 6.45) is 4.84. The van der Waals surface area contributed by atoms with Gasteiger partial charge in [0, 0.05) is 30.8 Å². The van der Waals surface area contributed by atoms with Crippen molar-refractivity contribution in [3.63, 3.8) is 0 Å². The molecule has 23 heavy (non-hydrogen) atoms. The maximum absolute atomic E-state index is 12.2. The van der Waals surface area contributed by atoms with Gasteiger partial charge < -0.3 is 10.6 Å². The minimum atomic E-state index is -0.432. The molecule has 0 saturated carbocycles. The number of carbonyl (C=O) groups excluding carboxylic acids is 1. The van der Waals surface area contributed by atoms with Gasteiger partial charge in [0.2, 0.25) is 0 Å². The van der Waals surface area contributed by atoms with Crippen LogP contribution in [0.3, 0.4) is 0 Å². The van der Waals surface area contributed by atoms with Crippen LogP contribution in [-0.4, -0.2) is 10.9 Å². The van der Waals surface area contributed by atoms with Crippen molar-refractivity contribution in [2.45, 2.75) is 20.4 Å². The number of benzene rings is 1. The molecule has 0 aliphatic heterocycles. The number of carbonyl (C=O) groups is 1. The Hall–Kier alpha value is -3.13. The zero-order chi connectivity index (χ0) is 16.7. The Balaban J connectivity index is 2.00. The van der Waals surface area contributed by atoms with Crippen molar-refractivity contribution >= 4 is 11.6 Å². The molecule has 1 heterocycles. The van der Waals surface area contributed by atoms with Crippen LogP contribution < -0.4 is 10.6 Å². The molecule has 5 nitrogen and oxygen atoms in total. The van der Waals surface area contributed by atoms with E-state index in [9.17, 15) is 4.79 Å². The van der Waals surface area contributed by atoms with E-state index in [1.165, 1.54) is 6.20 Å². The molecule has 5 heteroatoms. The SMILES string of the molecule is Cc1ccc(NC(=O)/C(C#N)=C\NCc2cccnc2)c(C)c1. The van der Waals surface area contributed by atoms with E-state index in [4.69, 9.17) is 5.26 Å². The number of rotatable bonds is 5. The molecule has 0 atom stereocenters. The van der Waals surface area contributed by atoms with Gasteiger partial charge in [-0.25, -0.2) is 0 Å². The van der Waals surface area contributed by atoms with Gasteiger partial charge in [-0.05, 0) is 37.1 Å². The minimum Gasteiger partial charge on any atom is -0.386 e. The number of anilines is 1. The van der Waals surface area contributed by atoms with Gasteiger partial charge in [-0.3, -0.25) is 9.78 Å². The quantitative estimate of drug-likeness (QED) is 0.658. The second-order valence-corrected chi connectivity index (χ2v) is 5.18. The molecule has 1 aromatic heterocycles. The fourth-order valence-corrected chi connectivity index (χ4v) is 2.07. The summed E-state index contributed by atoms with van der Waals surface area (Å²) in [5, 5.41) is 14.9. The second kappa shape index (κ2) is 7.76. The summed E-state index contributed by atoms with van der Waals surface area (Å²) in [4.78, 5) is 16.2. The van der Waals surface area contributed by atoms with Crippen molar-refractivity contribution in [3.8, 4) is 6.07 Å². The number of hydrogen-bond acceptors (Lipinski definition) is 4. The van der Waals surface area contributed by atoms with Crippen LogP contribution in [0.4, 0.5) is 5.69 Å². The Bertz CT molecular complexity index is 760. The van der Waals surface area contributed by atoms with Crippen LogP contribution in [0.2, 0.25) is 0 Å². The molecule has 1 amide bonds. The summed E-state index contributed by atoms with van der Waals surface area (Å²) >= 11 is 0. The highest BCUT2D eigenvalue weighted by Gasteiger charge is 2.10. The zero-order valence-corrected chi connectivity index (χ0v) is 13.1. The van der Waals surface area contributed by atoms with Crippen molar-refractivity contribution in [3.05, 3.63) is 71.2 Å². The molecule has 0 saturated heterocycles. The van der Waals surface area contributed by atoms with E-state index in [1.54, 1.807) is 12.4 Å². The summed E-state index contributed by atoms with van der Waals surface area (Å²) in [6.45, 7) is 4.40. The summed E-state index contributed by atoms with van der Waals surface area (Å²) in [7, 11) is 0. The minimum absolute atomic E-state index is 0.0221. The molecule has 2 N–H and O–H groups in total. The highest BCUT2D eigenvalue weighted by atomic mass is 16.1. The van der Waals surface area contributed by atoms with E-state index >= 15 is 0 Å². The highest BCUT2D eigenvalue weighted by molar-refractivity contribution is 6.06. The summed E-state index contributed by atoms with van der Waals surface area (Å²) < 4.78 is 0. The summed E-state index contributed by atoms with van der Waals surface area (Å²) in [5.74, 6) is -0.432. The van der Waals surface area contributed by atoms with E-state index in [-0.39, 0.29) is 5.57 Å². The average molecular weight is 306 g/mol. The normalized spacial score (nSPS) is 10.7. The number of aromatic nitrogens is 1. The van der Waals surface area contributed by atoms with Crippen LogP contribution in [0.5, 0.6) is 0 Å². The van der Waals surface area contributed by atoms with Crippen molar-refractivity contribution < 1.29 is 4.79 Å². The lowest BCUT2D eigenvalue weighted by Crippen LogP contribution is -2.17. The van der Waals surface area contributed by atoms with Crippen molar-refractivity contribution in [2.75, 3.05) is 5.32 Å². The van der Waals surface area contributed by atoms with Crippen molar-refractivity contribution in [1.82, 2.24) is 10.3 Å². The molecule has 0 bridgehead atoms. The number of amides is 1. The van der Waals surface area contributed by atoms with E-state index in [0.717, 1.165) is 16.7 Å². The predicted molar refractivity (Wildman–Crippen MR) is 89.3 cm³/mol. The molecule has 116 valence electrons. The predicted octanol–water partition coefficient (Wildman–Crippen LogP) is 2.83. The van der Waals surface area contributed by atoms with Gasteiger partial charge in [0.05, 0.1) is 0 Å². The molecular weight excluding hydrogens is 288 g/mol. The third kappa shape index (κ3) is 4.68. The zero-order valence-electron chi connectivity index (χ0n) is 13.1. The molecular formula is C18H18N4O. The van der Waals surface area contributed by atoms with Gasteiger partial charge in [-0.2, -0.15) is 5.26 Å². The van der Waals surface area contributed by atoms with Crippen molar-refractivity contribution in [2.24, 2.45) is 0 Å². The van der Waals surface area contributed by atoms with Gasteiger partial charge in [-0.15, -0.1) is 0 Å². The molecule has 2 aromatic rings. The molecule has 0 aliphatic carbocycles. The molecule has 0 fully saturated rings. The van der Waals surface area contributed by atoms with E-state index in [0.29, 0.717) is 12.2 Å². The largest absolute Gasteiger partial charge is 0.386 e. The fraction of sp³-hybridized carbons (Fsp3) is 0.167. The van der Waals surface area contributed by atoms with E-state index in [1.807, 2.05) is 50.2 Å². The topological polar surface area (TPSA) is 77.8 Å². The van der Waals surface area contributed by atoms with Gasteiger partial charge in [0.15, 0.2) is 0 Å². The van der Waals surface area contributed by atoms with Crippen LogP contribution >= 0.6 is 0 Å². The van der Waals surface area contributed by atoms with Crippen LogP contribution in [0.1, 0.15) is 16.7 Å². The first-order valence-corrected chi connectivity index (χ1v) is 7.21. The maximum atomic E-state index is 12.2. The maximum Gasteiger partial charge on any atom is 0.267 e. The number of pyridine rings is 1. The lowest BCUT2D eigenvalue weighted by molar-refractivity contribution is -0.112. The molecule has 0 aliphatic rings. The Morgan fingerprint density at radius 2 is 2.17 bits per heavy atom. The van der Waals surface area contributed by atoms with E-state index in [2.05, 4.69) is 15.6 Å². The lowest BCUT2D eigenvalue weighted by atomic mass is 10.1. The van der Waals surface area contributed by atoms with Crippen LogP contribution in [-0.2, 0) is 11.3 Å². The van der Waals surface area contributed by atoms with Crippen LogP contribution in [0.15, 0.2) is 54.5 Å². The van der Waals surface area contributed by atoms with Crippen LogP contribution in [0, 0.1) is 25.2 Å². The molecule has 2 rings (SSSR count). The number of nitrogens with zero attached hydrogens (tertiary/aromatic N) is 2. The number of nitrogens with one attached hydrogen (secondary N) is 2. The van der Waals surface area contributed by atoms with E-state index < -0.39 is 5.91 Å².